The third kappa shape index (κ3) is 6.53. The summed E-state index contributed by atoms with van der Waals surface area (Å²) < 4.78 is 1.88. The summed E-state index contributed by atoms with van der Waals surface area (Å²) in [6.45, 7) is 9.89. The predicted octanol–water partition coefficient (Wildman–Crippen LogP) is 1.17. The molecule has 2 N–H and O–H groups in total. The van der Waals surface area contributed by atoms with Gasteiger partial charge in [-0.1, -0.05) is 26.0 Å². The summed E-state index contributed by atoms with van der Waals surface area (Å²) in [4.78, 5) is 0. The van der Waals surface area contributed by atoms with Crippen LogP contribution in [0, 0.1) is 0 Å². The van der Waals surface area contributed by atoms with Crippen molar-refractivity contribution in [1.29, 1.82) is 0 Å². The summed E-state index contributed by atoms with van der Waals surface area (Å²) >= 11 is 0. The molecule has 0 saturated carbocycles. The predicted molar refractivity (Wildman–Crippen MR) is 71.8 cm³/mol. The van der Waals surface area contributed by atoms with Crippen LogP contribution in [0.15, 0.2) is 6.20 Å². The van der Waals surface area contributed by atoms with Gasteiger partial charge in [0.05, 0.1) is 12.2 Å². The molecule has 0 fully saturated rings. The molecule has 0 aliphatic heterocycles. The third-order valence-corrected chi connectivity index (χ3v) is 1.98. The van der Waals surface area contributed by atoms with Crippen LogP contribution < -0.4 is 10.6 Å². The number of aromatic nitrogens is 3. The van der Waals surface area contributed by atoms with Crippen molar-refractivity contribution in [3.05, 3.63) is 11.9 Å². The van der Waals surface area contributed by atoms with Gasteiger partial charge in [0.2, 0.25) is 0 Å². The summed E-state index contributed by atoms with van der Waals surface area (Å²) in [5, 5.41) is 14.5. The summed E-state index contributed by atoms with van der Waals surface area (Å²) in [6, 6.07) is 0. The fraction of sp³-hybridized carbons (Fsp3) is 0.818. The fourth-order valence-corrected chi connectivity index (χ4v) is 1.19. The maximum atomic E-state index is 4.08. The molecule has 1 rings (SSSR count). The fourth-order valence-electron chi connectivity index (χ4n) is 1.19. The van der Waals surface area contributed by atoms with E-state index in [1.807, 2.05) is 31.8 Å². The minimum Gasteiger partial charge on any atom is -0.319 e. The molecular weight excluding hydrogens is 202 g/mol. The molecule has 0 aliphatic rings. The number of hydrogen-bond acceptors (Lipinski definition) is 4. The Bertz CT molecular complexity index is 255. The Morgan fingerprint density at radius 3 is 2.75 bits per heavy atom. The van der Waals surface area contributed by atoms with Crippen molar-refractivity contribution in [2.24, 2.45) is 0 Å². The van der Waals surface area contributed by atoms with Gasteiger partial charge in [-0.25, -0.2) is 0 Å². The topological polar surface area (TPSA) is 54.8 Å². The SMILES string of the molecule is CC.CCNCCn1cc(CCNC)nn1.[HH].[HH]. The molecule has 0 aliphatic carbocycles. The van der Waals surface area contributed by atoms with Crippen molar-refractivity contribution in [3.63, 3.8) is 0 Å². The van der Waals surface area contributed by atoms with Crippen molar-refractivity contribution in [2.45, 2.75) is 33.7 Å². The maximum Gasteiger partial charge on any atom is 0.0839 e. The van der Waals surface area contributed by atoms with Crippen LogP contribution >= 0.6 is 0 Å². The van der Waals surface area contributed by atoms with Gasteiger partial charge in [-0.05, 0) is 13.6 Å². The lowest BCUT2D eigenvalue weighted by Crippen LogP contribution is -2.19. The van der Waals surface area contributed by atoms with Crippen LogP contribution in [0.3, 0.4) is 0 Å². The molecule has 98 valence electrons. The van der Waals surface area contributed by atoms with E-state index in [0.29, 0.717) is 0 Å². The van der Waals surface area contributed by atoms with Gasteiger partial charge in [0.25, 0.3) is 0 Å². The number of nitrogens with one attached hydrogen (secondary N) is 2. The van der Waals surface area contributed by atoms with Crippen LogP contribution in [0.4, 0.5) is 0 Å². The zero-order valence-corrected chi connectivity index (χ0v) is 11.0. The first-order valence-electron chi connectivity index (χ1n) is 6.11. The first kappa shape index (κ1) is 15.1. The summed E-state index contributed by atoms with van der Waals surface area (Å²) in [6.07, 6.45) is 2.95. The van der Waals surface area contributed by atoms with Crippen molar-refractivity contribution in [1.82, 2.24) is 25.6 Å². The van der Waals surface area contributed by atoms with Crippen molar-refractivity contribution in [3.8, 4) is 0 Å². The van der Waals surface area contributed by atoms with Gasteiger partial charge in [-0.2, -0.15) is 0 Å². The number of nitrogens with zero attached hydrogens (tertiary/aromatic N) is 3. The minimum atomic E-state index is 0. The number of hydrogen-bond donors (Lipinski definition) is 2. The van der Waals surface area contributed by atoms with Gasteiger partial charge in [-0.15, -0.1) is 5.10 Å². The normalized spacial score (nSPS) is 9.75. The Balaban J connectivity index is -0.000000534. The third-order valence-electron chi connectivity index (χ3n) is 1.98. The van der Waals surface area contributed by atoms with E-state index in [4.69, 9.17) is 0 Å². The molecule has 0 spiro atoms. The Morgan fingerprint density at radius 1 is 1.38 bits per heavy atom. The van der Waals surface area contributed by atoms with Gasteiger partial charge >= 0.3 is 0 Å². The summed E-state index contributed by atoms with van der Waals surface area (Å²) in [7, 11) is 1.94. The average molecular weight is 231 g/mol. The van der Waals surface area contributed by atoms with E-state index in [1.165, 1.54) is 0 Å². The van der Waals surface area contributed by atoms with E-state index in [2.05, 4.69) is 27.9 Å². The van der Waals surface area contributed by atoms with Crippen LogP contribution in [0.25, 0.3) is 0 Å². The van der Waals surface area contributed by atoms with Crippen LogP contribution in [0.1, 0.15) is 29.3 Å². The van der Waals surface area contributed by atoms with E-state index < -0.39 is 0 Å². The molecule has 0 saturated heterocycles. The van der Waals surface area contributed by atoms with Crippen molar-refractivity contribution in [2.75, 3.05) is 26.7 Å². The molecule has 0 radical (unpaired) electrons. The van der Waals surface area contributed by atoms with Crippen molar-refractivity contribution < 1.29 is 2.85 Å². The lowest BCUT2D eigenvalue weighted by Gasteiger charge is -1.99. The highest BCUT2D eigenvalue weighted by atomic mass is 15.4. The van der Waals surface area contributed by atoms with Gasteiger partial charge < -0.3 is 10.6 Å². The standard InChI is InChI=1S/C9H19N5.C2H6.2H2/c1-3-11-6-7-14-8-9(12-13-14)4-5-10-2;1-2;;/h8,10-11H,3-7H2,1-2H3;1-2H3;2*1H. The number of likely N-dealkylation sites (N-methyl/N-ethyl adjacent to an activating group) is 2. The Kier molecular flexibility index (Phi) is 9.95. The van der Waals surface area contributed by atoms with Crippen molar-refractivity contribution >= 4 is 0 Å². The highest BCUT2D eigenvalue weighted by Crippen LogP contribution is 1.92. The largest absolute Gasteiger partial charge is 0.319 e. The van der Waals surface area contributed by atoms with E-state index in [0.717, 1.165) is 38.3 Å². The average Bonchev–Trinajstić information content (AvgIpc) is 2.77. The molecule has 5 heteroatoms. The Labute approximate surface area is 102 Å². The minimum absolute atomic E-state index is 0. The monoisotopic (exact) mass is 231 g/mol. The molecule has 5 nitrogen and oxygen atoms in total. The first-order valence-corrected chi connectivity index (χ1v) is 6.11. The van der Waals surface area contributed by atoms with Gasteiger partial charge in [0.15, 0.2) is 0 Å². The summed E-state index contributed by atoms with van der Waals surface area (Å²) in [5.41, 5.74) is 1.05. The molecule has 0 bridgehead atoms. The smallest absolute Gasteiger partial charge is 0.0839 e. The molecule has 0 unspecified atom stereocenters. The maximum absolute atomic E-state index is 4.08. The van der Waals surface area contributed by atoms with E-state index in [-0.39, 0.29) is 2.85 Å². The molecule has 1 heterocycles. The molecule has 1 aromatic rings. The highest BCUT2D eigenvalue weighted by Gasteiger charge is 1.98. The zero-order chi connectivity index (χ0) is 12.2. The van der Waals surface area contributed by atoms with Crippen LogP contribution in [0.5, 0.6) is 0 Å². The molecule has 0 amide bonds. The second-order valence-electron chi connectivity index (χ2n) is 3.18. The summed E-state index contributed by atoms with van der Waals surface area (Å²) in [5.74, 6) is 0. The van der Waals surface area contributed by atoms with Gasteiger partial charge in [-0.3, -0.25) is 4.68 Å². The molecule has 0 atom stereocenters. The quantitative estimate of drug-likeness (QED) is 0.692. The lowest BCUT2D eigenvalue weighted by atomic mass is 10.3. The first-order chi connectivity index (χ1) is 7.86. The van der Waals surface area contributed by atoms with Crippen LogP contribution in [-0.2, 0) is 13.0 Å². The number of rotatable bonds is 7. The van der Waals surface area contributed by atoms with Gasteiger partial charge in [0, 0.05) is 28.6 Å². The Morgan fingerprint density at radius 2 is 2.12 bits per heavy atom. The molecule has 1 aromatic heterocycles. The Hall–Kier alpha value is -0.940. The van der Waals surface area contributed by atoms with Crippen LogP contribution in [0.2, 0.25) is 0 Å². The second-order valence-corrected chi connectivity index (χ2v) is 3.18. The second kappa shape index (κ2) is 10.6. The molecular formula is C11H29N5. The van der Waals surface area contributed by atoms with E-state index in [9.17, 15) is 0 Å². The zero-order valence-electron chi connectivity index (χ0n) is 11.0. The molecule has 16 heavy (non-hydrogen) atoms. The van der Waals surface area contributed by atoms with Gasteiger partial charge in [0.1, 0.15) is 0 Å². The lowest BCUT2D eigenvalue weighted by molar-refractivity contribution is 0.549. The van der Waals surface area contributed by atoms with Crippen LogP contribution in [-0.4, -0.2) is 41.7 Å². The van der Waals surface area contributed by atoms with E-state index in [1.54, 1.807) is 0 Å². The highest BCUT2D eigenvalue weighted by molar-refractivity contribution is 4.92. The molecule has 0 aromatic carbocycles. The van der Waals surface area contributed by atoms with E-state index >= 15 is 0 Å².